The van der Waals surface area contributed by atoms with Crippen molar-refractivity contribution in [2.24, 2.45) is 0 Å². The molecule has 0 aliphatic carbocycles. The largest absolute Gasteiger partial charge is 0.450 e. The molecular formula is C10H21Cl2NO2Si. The molecule has 96 valence electrons. The van der Waals surface area contributed by atoms with Crippen LogP contribution >= 0.6 is 23.2 Å². The van der Waals surface area contributed by atoms with Gasteiger partial charge in [-0.05, 0) is 6.04 Å². The van der Waals surface area contributed by atoms with Crippen LogP contribution in [0.3, 0.4) is 0 Å². The minimum Gasteiger partial charge on any atom is -0.450 e. The summed E-state index contributed by atoms with van der Waals surface area (Å²) in [6.45, 7) is 8.21. The lowest BCUT2D eigenvalue weighted by Crippen LogP contribution is -2.35. The lowest BCUT2D eigenvalue weighted by atomic mass is 10.5. The van der Waals surface area contributed by atoms with Gasteiger partial charge in [-0.15, -0.1) is 23.2 Å². The number of carbonyl (C=O) groups excluding carboxylic acids is 1. The summed E-state index contributed by atoms with van der Waals surface area (Å²) in [7, 11) is -1.14. The first-order valence-electron chi connectivity index (χ1n) is 5.44. The third-order valence-electron chi connectivity index (χ3n) is 2.04. The van der Waals surface area contributed by atoms with Gasteiger partial charge in [-0.3, -0.25) is 0 Å². The first-order valence-corrected chi connectivity index (χ1v) is 10.2. The topological polar surface area (TPSA) is 29.5 Å². The monoisotopic (exact) mass is 285 g/mol. The van der Waals surface area contributed by atoms with E-state index < -0.39 is 8.07 Å². The number of rotatable bonds is 7. The van der Waals surface area contributed by atoms with Crippen molar-refractivity contribution in [3.8, 4) is 0 Å². The molecule has 0 saturated heterocycles. The van der Waals surface area contributed by atoms with Gasteiger partial charge >= 0.3 is 6.09 Å². The van der Waals surface area contributed by atoms with E-state index in [1.807, 2.05) is 0 Å². The maximum atomic E-state index is 11.6. The van der Waals surface area contributed by atoms with Crippen LogP contribution in [0.5, 0.6) is 0 Å². The highest BCUT2D eigenvalue weighted by atomic mass is 35.5. The summed E-state index contributed by atoms with van der Waals surface area (Å²) in [6, 6.07) is 0.980. The average molecular weight is 286 g/mol. The average Bonchev–Trinajstić information content (AvgIpc) is 2.15. The molecule has 0 rings (SSSR count). The smallest absolute Gasteiger partial charge is 0.409 e. The molecule has 0 aliphatic rings. The minimum absolute atomic E-state index is 0.306. The highest BCUT2D eigenvalue weighted by Crippen LogP contribution is 2.08. The van der Waals surface area contributed by atoms with Crippen LogP contribution in [0, 0.1) is 0 Å². The summed E-state index contributed by atoms with van der Waals surface area (Å²) in [4.78, 5) is 13.2. The van der Waals surface area contributed by atoms with Gasteiger partial charge in [0.05, 0.1) is 6.61 Å². The Hall–Kier alpha value is 0.0669. The van der Waals surface area contributed by atoms with Crippen molar-refractivity contribution in [2.45, 2.75) is 25.7 Å². The summed E-state index contributed by atoms with van der Waals surface area (Å²) in [5, 5.41) is 0. The van der Waals surface area contributed by atoms with Gasteiger partial charge in [0.2, 0.25) is 0 Å². The van der Waals surface area contributed by atoms with Crippen LogP contribution in [0.1, 0.15) is 0 Å². The Kier molecular flexibility index (Phi) is 8.24. The first kappa shape index (κ1) is 16.1. The fourth-order valence-electron chi connectivity index (χ4n) is 1.03. The van der Waals surface area contributed by atoms with Crippen molar-refractivity contribution < 1.29 is 9.53 Å². The lowest BCUT2D eigenvalue weighted by molar-refractivity contribution is 0.111. The van der Waals surface area contributed by atoms with Gasteiger partial charge in [0.25, 0.3) is 0 Å². The second-order valence-electron chi connectivity index (χ2n) is 4.79. The minimum atomic E-state index is -1.14. The van der Waals surface area contributed by atoms with Crippen molar-refractivity contribution >= 4 is 37.4 Å². The molecule has 0 unspecified atom stereocenters. The number of halogens is 2. The van der Waals surface area contributed by atoms with Gasteiger partial charge in [0, 0.05) is 32.9 Å². The summed E-state index contributed by atoms with van der Waals surface area (Å²) in [5.74, 6) is 0.806. The molecule has 0 aromatic rings. The van der Waals surface area contributed by atoms with Crippen LogP contribution in [0.15, 0.2) is 0 Å². The maximum absolute atomic E-state index is 11.6. The van der Waals surface area contributed by atoms with Gasteiger partial charge in [0.15, 0.2) is 0 Å². The fraction of sp³-hybridized carbons (Fsp3) is 0.900. The number of nitrogens with zero attached hydrogens (tertiary/aromatic N) is 1. The molecule has 0 heterocycles. The summed E-state index contributed by atoms with van der Waals surface area (Å²) in [6.07, 6.45) is -0.306. The molecule has 0 N–H and O–H groups in total. The summed E-state index contributed by atoms with van der Waals surface area (Å²) in [5.41, 5.74) is 0. The molecule has 6 heteroatoms. The van der Waals surface area contributed by atoms with Crippen LogP contribution in [-0.2, 0) is 4.74 Å². The van der Waals surface area contributed by atoms with E-state index in [4.69, 9.17) is 27.9 Å². The van der Waals surface area contributed by atoms with Gasteiger partial charge in [-0.1, -0.05) is 19.6 Å². The Bertz CT molecular complexity index is 203. The molecule has 0 atom stereocenters. The Labute approximate surface area is 109 Å². The molecule has 0 saturated carbocycles. The number of amides is 1. The van der Waals surface area contributed by atoms with E-state index in [1.54, 1.807) is 4.90 Å². The maximum Gasteiger partial charge on any atom is 0.409 e. The third-order valence-corrected chi connectivity index (χ3v) is 4.09. The van der Waals surface area contributed by atoms with E-state index in [9.17, 15) is 4.79 Å². The van der Waals surface area contributed by atoms with Crippen LogP contribution in [-0.4, -0.2) is 50.5 Å². The predicted octanol–water partition coefficient (Wildman–Crippen LogP) is 3.24. The SMILES string of the molecule is C[Si](C)(C)CCOC(=O)N(CCCl)CCCl. The molecule has 3 nitrogen and oxygen atoms in total. The van der Waals surface area contributed by atoms with Crippen molar-refractivity contribution in [3.63, 3.8) is 0 Å². The molecule has 0 radical (unpaired) electrons. The van der Waals surface area contributed by atoms with Gasteiger partial charge in [0.1, 0.15) is 0 Å². The molecule has 0 aliphatic heterocycles. The third kappa shape index (κ3) is 8.25. The van der Waals surface area contributed by atoms with Crippen LogP contribution in [0.25, 0.3) is 0 Å². The highest BCUT2D eigenvalue weighted by Gasteiger charge is 2.17. The zero-order chi connectivity index (χ0) is 12.6. The predicted molar refractivity (Wildman–Crippen MR) is 72.5 cm³/mol. The number of hydrogen-bond donors (Lipinski definition) is 0. The second kappa shape index (κ2) is 8.20. The Morgan fingerprint density at radius 3 is 2.06 bits per heavy atom. The van der Waals surface area contributed by atoms with Gasteiger partial charge in [-0.2, -0.15) is 0 Å². The van der Waals surface area contributed by atoms with Crippen LogP contribution < -0.4 is 0 Å². The van der Waals surface area contributed by atoms with Gasteiger partial charge in [-0.25, -0.2) is 4.79 Å². The van der Waals surface area contributed by atoms with Crippen molar-refractivity contribution in [1.29, 1.82) is 0 Å². The molecule has 0 aromatic heterocycles. The molecule has 16 heavy (non-hydrogen) atoms. The normalized spacial score (nSPS) is 11.3. The van der Waals surface area contributed by atoms with Gasteiger partial charge < -0.3 is 9.64 Å². The number of carbonyl (C=O) groups is 1. The molecule has 0 spiro atoms. The lowest BCUT2D eigenvalue weighted by Gasteiger charge is -2.21. The molecule has 0 fully saturated rings. The summed E-state index contributed by atoms with van der Waals surface area (Å²) < 4.78 is 5.19. The molecular weight excluding hydrogens is 265 g/mol. The van der Waals surface area contributed by atoms with Crippen molar-refractivity contribution in [3.05, 3.63) is 0 Å². The quantitative estimate of drug-likeness (QED) is 0.531. The van der Waals surface area contributed by atoms with Crippen molar-refractivity contribution in [1.82, 2.24) is 4.90 Å². The first-order chi connectivity index (χ1) is 7.40. The number of hydrogen-bond acceptors (Lipinski definition) is 2. The number of alkyl halides is 2. The zero-order valence-corrected chi connectivity index (χ0v) is 12.8. The van der Waals surface area contributed by atoms with E-state index in [-0.39, 0.29) is 6.09 Å². The fourth-order valence-corrected chi connectivity index (χ4v) is 2.16. The van der Waals surface area contributed by atoms with E-state index >= 15 is 0 Å². The van der Waals surface area contributed by atoms with E-state index in [1.165, 1.54) is 0 Å². The Morgan fingerprint density at radius 1 is 1.19 bits per heavy atom. The zero-order valence-electron chi connectivity index (χ0n) is 10.3. The number of ether oxygens (including phenoxy) is 1. The molecule has 0 bridgehead atoms. The summed E-state index contributed by atoms with van der Waals surface area (Å²) >= 11 is 11.2. The van der Waals surface area contributed by atoms with Crippen LogP contribution in [0.2, 0.25) is 25.7 Å². The Balaban J connectivity index is 3.91. The van der Waals surface area contributed by atoms with E-state index in [2.05, 4.69) is 19.6 Å². The second-order valence-corrected chi connectivity index (χ2v) is 11.2. The molecule has 0 aromatic carbocycles. The van der Waals surface area contributed by atoms with Crippen LogP contribution in [0.4, 0.5) is 4.79 Å². The van der Waals surface area contributed by atoms with Crippen molar-refractivity contribution in [2.75, 3.05) is 31.5 Å². The highest BCUT2D eigenvalue weighted by molar-refractivity contribution is 6.76. The molecule has 1 amide bonds. The Morgan fingerprint density at radius 2 is 1.69 bits per heavy atom. The standard InChI is InChI=1S/C10H21Cl2NO2Si/c1-16(2,3)9-8-15-10(14)13(6-4-11)7-5-12/h4-9H2,1-3H3. The van der Waals surface area contributed by atoms with E-state index in [0.29, 0.717) is 31.5 Å². The van der Waals surface area contributed by atoms with E-state index in [0.717, 1.165) is 6.04 Å².